The van der Waals surface area contributed by atoms with Crippen LogP contribution in [0.4, 0.5) is 10.6 Å². The Bertz CT molecular complexity index is 856. The maximum absolute atomic E-state index is 12.0. The number of likely N-dealkylation sites (tertiary alicyclic amines) is 1. The minimum absolute atomic E-state index is 0.0390. The summed E-state index contributed by atoms with van der Waals surface area (Å²) < 4.78 is 1.47. The third kappa shape index (κ3) is 4.20. The summed E-state index contributed by atoms with van der Waals surface area (Å²) in [6.07, 6.45) is 2.30. The van der Waals surface area contributed by atoms with Gasteiger partial charge in [0.1, 0.15) is 5.82 Å². The van der Waals surface area contributed by atoms with E-state index in [0.29, 0.717) is 0 Å². The van der Waals surface area contributed by atoms with E-state index in [4.69, 9.17) is 10.8 Å². The average Bonchev–Trinajstić information content (AvgIpc) is 2.58. The number of piperidine rings is 1. The largest absolute Gasteiger partial charge is 0.465 e. The summed E-state index contributed by atoms with van der Waals surface area (Å²) >= 11 is 0. The molecule has 0 aliphatic carbocycles. The van der Waals surface area contributed by atoms with Crippen LogP contribution in [0.25, 0.3) is 5.69 Å². The summed E-state index contributed by atoms with van der Waals surface area (Å²) in [7, 11) is 0. The number of nitrogens with zero attached hydrogens (tertiary/aromatic N) is 3. The number of nitrogen functional groups attached to an aromatic ring is 1. The Balaban J connectivity index is 1.67. The number of rotatable bonds is 4. The van der Waals surface area contributed by atoms with Gasteiger partial charge in [-0.2, -0.15) is 4.98 Å². The Morgan fingerprint density at radius 1 is 1.35 bits per heavy atom. The fourth-order valence-electron chi connectivity index (χ4n) is 3.27. The Labute approximate surface area is 151 Å². The standard InChI is InChI=1S/C18H23N5O3/c1-12-10-15(23-9-6-16(19)21-17(23)24)3-2-13(12)11-22-7-4-14(5-8-22)20-18(25)26/h2-3,6,9-10,14,20H,4-5,7-8,11H2,1H3,(H,25,26)(H2,19,21,24). The summed E-state index contributed by atoms with van der Waals surface area (Å²) in [5.74, 6) is 0.209. The molecule has 8 heteroatoms. The van der Waals surface area contributed by atoms with Crippen LogP contribution >= 0.6 is 0 Å². The molecule has 8 nitrogen and oxygen atoms in total. The molecule has 3 rings (SSSR count). The van der Waals surface area contributed by atoms with Crippen molar-refractivity contribution < 1.29 is 9.90 Å². The number of nitrogens with one attached hydrogen (secondary N) is 1. The molecule has 0 bridgehead atoms. The topological polar surface area (TPSA) is 113 Å². The van der Waals surface area contributed by atoms with Crippen molar-refractivity contribution in [1.29, 1.82) is 0 Å². The molecule has 4 N–H and O–H groups in total. The smallest absolute Gasteiger partial charge is 0.404 e. The molecule has 0 atom stereocenters. The first-order valence-corrected chi connectivity index (χ1v) is 8.59. The predicted octanol–water partition coefficient (Wildman–Crippen LogP) is 1.36. The lowest BCUT2D eigenvalue weighted by molar-refractivity contribution is 0.165. The highest BCUT2D eigenvalue weighted by molar-refractivity contribution is 5.64. The van der Waals surface area contributed by atoms with Crippen LogP contribution in [0, 0.1) is 6.92 Å². The van der Waals surface area contributed by atoms with Crippen LogP contribution in [0.2, 0.25) is 0 Å². The normalized spacial score (nSPS) is 15.7. The Kier molecular flexibility index (Phi) is 5.22. The van der Waals surface area contributed by atoms with Gasteiger partial charge in [0.25, 0.3) is 0 Å². The van der Waals surface area contributed by atoms with Crippen LogP contribution in [-0.4, -0.2) is 44.8 Å². The third-order valence-corrected chi connectivity index (χ3v) is 4.74. The fraction of sp³-hybridized carbons (Fsp3) is 0.389. The van der Waals surface area contributed by atoms with Gasteiger partial charge in [-0.05, 0) is 49.1 Å². The number of aromatic nitrogens is 2. The van der Waals surface area contributed by atoms with Crippen molar-refractivity contribution in [3.63, 3.8) is 0 Å². The van der Waals surface area contributed by atoms with Crippen molar-refractivity contribution in [1.82, 2.24) is 19.8 Å². The highest BCUT2D eigenvalue weighted by Crippen LogP contribution is 2.18. The lowest BCUT2D eigenvalue weighted by Crippen LogP contribution is -2.43. The first-order chi connectivity index (χ1) is 12.4. The molecule has 2 heterocycles. The summed E-state index contributed by atoms with van der Waals surface area (Å²) in [6, 6.07) is 7.53. The van der Waals surface area contributed by atoms with Crippen molar-refractivity contribution in [3.05, 3.63) is 52.1 Å². The van der Waals surface area contributed by atoms with Crippen LogP contribution < -0.4 is 16.7 Å². The fourth-order valence-corrected chi connectivity index (χ4v) is 3.27. The predicted molar refractivity (Wildman–Crippen MR) is 98.4 cm³/mol. The van der Waals surface area contributed by atoms with Crippen molar-refractivity contribution in [2.75, 3.05) is 18.8 Å². The van der Waals surface area contributed by atoms with Crippen molar-refractivity contribution in [2.45, 2.75) is 32.4 Å². The number of nitrogens with two attached hydrogens (primary N) is 1. The molecule has 1 aromatic heterocycles. The van der Waals surface area contributed by atoms with Crippen LogP contribution in [-0.2, 0) is 6.54 Å². The van der Waals surface area contributed by atoms with Crippen LogP contribution in [0.1, 0.15) is 24.0 Å². The van der Waals surface area contributed by atoms with E-state index < -0.39 is 11.8 Å². The van der Waals surface area contributed by atoms with E-state index in [1.54, 1.807) is 12.3 Å². The average molecular weight is 357 g/mol. The van der Waals surface area contributed by atoms with Gasteiger partial charge in [0.05, 0.1) is 5.69 Å². The van der Waals surface area contributed by atoms with E-state index in [0.717, 1.165) is 43.7 Å². The number of hydrogen-bond donors (Lipinski definition) is 3. The molecule has 0 unspecified atom stereocenters. The van der Waals surface area contributed by atoms with Gasteiger partial charge in [-0.3, -0.25) is 9.47 Å². The number of anilines is 1. The molecular weight excluding hydrogens is 334 g/mol. The number of carboxylic acid groups (broad SMARTS) is 1. The van der Waals surface area contributed by atoms with Crippen molar-refractivity contribution in [2.24, 2.45) is 0 Å². The molecule has 1 fully saturated rings. The van der Waals surface area contributed by atoms with Gasteiger partial charge in [-0.25, -0.2) is 9.59 Å². The SMILES string of the molecule is Cc1cc(-n2ccc(N)nc2=O)ccc1CN1CCC(NC(=O)O)CC1. The summed E-state index contributed by atoms with van der Waals surface area (Å²) in [5, 5.41) is 11.4. The molecule has 1 saturated heterocycles. The third-order valence-electron chi connectivity index (χ3n) is 4.74. The lowest BCUT2D eigenvalue weighted by Gasteiger charge is -2.32. The Morgan fingerprint density at radius 3 is 2.69 bits per heavy atom. The molecule has 1 amide bonds. The van der Waals surface area contributed by atoms with E-state index in [2.05, 4.69) is 15.2 Å². The zero-order chi connectivity index (χ0) is 18.7. The number of hydrogen-bond acceptors (Lipinski definition) is 5. The van der Waals surface area contributed by atoms with Gasteiger partial charge in [0.15, 0.2) is 0 Å². The van der Waals surface area contributed by atoms with Crippen LogP contribution in [0.15, 0.2) is 35.3 Å². The quantitative estimate of drug-likeness (QED) is 0.761. The molecular formula is C18H23N5O3. The molecule has 0 saturated carbocycles. The molecule has 0 radical (unpaired) electrons. The van der Waals surface area contributed by atoms with Gasteiger partial charge in [-0.1, -0.05) is 6.07 Å². The summed E-state index contributed by atoms with van der Waals surface area (Å²) in [6.45, 7) is 4.54. The van der Waals surface area contributed by atoms with E-state index in [9.17, 15) is 9.59 Å². The highest BCUT2D eigenvalue weighted by Gasteiger charge is 2.20. The van der Waals surface area contributed by atoms with E-state index >= 15 is 0 Å². The minimum atomic E-state index is -0.956. The van der Waals surface area contributed by atoms with E-state index in [1.165, 1.54) is 10.1 Å². The van der Waals surface area contributed by atoms with Crippen LogP contribution in [0.5, 0.6) is 0 Å². The molecule has 1 aromatic carbocycles. The lowest BCUT2D eigenvalue weighted by atomic mass is 10.0. The summed E-state index contributed by atoms with van der Waals surface area (Å²) in [5.41, 5.74) is 8.18. The van der Waals surface area contributed by atoms with E-state index in [1.807, 2.05) is 25.1 Å². The number of amides is 1. The molecule has 2 aromatic rings. The minimum Gasteiger partial charge on any atom is -0.465 e. The maximum atomic E-state index is 12.0. The van der Waals surface area contributed by atoms with Gasteiger partial charge >= 0.3 is 11.8 Å². The maximum Gasteiger partial charge on any atom is 0.404 e. The van der Waals surface area contributed by atoms with Gasteiger partial charge in [-0.15, -0.1) is 0 Å². The van der Waals surface area contributed by atoms with Crippen molar-refractivity contribution >= 4 is 11.9 Å². The van der Waals surface area contributed by atoms with Gasteiger partial charge < -0.3 is 16.2 Å². The first-order valence-electron chi connectivity index (χ1n) is 8.59. The zero-order valence-electron chi connectivity index (χ0n) is 14.7. The number of carbonyl (C=O) groups is 1. The molecule has 1 aliphatic heterocycles. The molecule has 1 aliphatic rings. The van der Waals surface area contributed by atoms with Gasteiger partial charge in [0, 0.05) is 31.9 Å². The Hall–Kier alpha value is -2.87. The second-order valence-electron chi connectivity index (χ2n) is 6.62. The number of aryl methyl sites for hydroxylation is 1. The second kappa shape index (κ2) is 7.57. The van der Waals surface area contributed by atoms with E-state index in [-0.39, 0.29) is 11.9 Å². The number of benzene rings is 1. The molecule has 138 valence electrons. The molecule has 0 spiro atoms. The zero-order valence-corrected chi connectivity index (χ0v) is 14.7. The monoisotopic (exact) mass is 357 g/mol. The van der Waals surface area contributed by atoms with Gasteiger partial charge in [0.2, 0.25) is 0 Å². The summed E-state index contributed by atoms with van der Waals surface area (Å²) in [4.78, 5) is 28.8. The highest BCUT2D eigenvalue weighted by atomic mass is 16.4. The van der Waals surface area contributed by atoms with Crippen LogP contribution in [0.3, 0.4) is 0 Å². The molecule has 26 heavy (non-hydrogen) atoms. The Morgan fingerprint density at radius 2 is 2.08 bits per heavy atom. The van der Waals surface area contributed by atoms with Crippen molar-refractivity contribution in [3.8, 4) is 5.69 Å². The second-order valence-corrected chi connectivity index (χ2v) is 6.62. The first kappa shape index (κ1) is 17.9.